The molecule has 1 aliphatic rings. The molecule has 0 aliphatic heterocycles. The summed E-state index contributed by atoms with van der Waals surface area (Å²) >= 11 is 0. The highest BCUT2D eigenvalue weighted by Gasteiger charge is 2.37. The molecule has 1 aromatic heterocycles. The van der Waals surface area contributed by atoms with Crippen molar-refractivity contribution in [3.63, 3.8) is 0 Å². The van der Waals surface area contributed by atoms with Crippen molar-refractivity contribution in [3.8, 4) is 0 Å². The van der Waals surface area contributed by atoms with Crippen LogP contribution >= 0.6 is 0 Å². The van der Waals surface area contributed by atoms with Gasteiger partial charge in [-0.15, -0.1) is 5.73 Å². The minimum absolute atomic E-state index is 0.153. The van der Waals surface area contributed by atoms with Crippen LogP contribution in [0.25, 0.3) is 12.2 Å². The number of hydrogen-bond acceptors (Lipinski definition) is 3. The first-order valence-corrected chi connectivity index (χ1v) is 9.35. The maximum atomic E-state index is 11.5. The van der Waals surface area contributed by atoms with Gasteiger partial charge in [-0.25, -0.2) is 4.79 Å². The largest absolute Gasteiger partial charge is 0.465 e. The van der Waals surface area contributed by atoms with E-state index in [2.05, 4.69) is 56.6 Å². The summed E-state index contributed by atoms with van der Waals surface area (Å²) in [6.45, 7) is 9.32. The summed E-state index contributed by atoms with van der Waals surface area (Å²) in [5.74, 6) is -0.380. The first kappa shape index (κ1) is 19.1. The van der Waals surface area contributed by atoms with Crippen LogP contribution in [0.2, 0.25) is 0 Å². The number of fused-ring (bicyclic) bond motifs is 1. The van der Waals surface area contributed by atoms with Crippen LogP contribution in [0.3, 0.4) is 0 Å². The Morgan fingerprint density at radius 2 is 1.81 bits per heavy atom. The number of benzene rings is 1. The van der Waals surface area contributed by atoms with Crippen LogP contribution in [0.15, 0.2) is 42.3 Å². The maximum absolute atomic E-state index is 11.5. The maximum Gasteiger partial charge on any atom is 0.339 e. The molecule has 0 atom stereocenters. The lowest BCUT2D eigenvalue weighted by Gasteiger charge is -2.42. The molecule has 1 heterocycles. The molecular formula is C24H27NO2. The number of methoxy groups -OCH3 is 1. The second-order valence-electron chi connectivity index (χ2n) is 8.46. The molecule has 0 saturated carbocycles. The first-order chi connectivity index (χ1) is 12.7. The van der Waals surface area contributed by atoms with Gasteiger partial charge in [0.2, 0.25) is 0 Å². The third-order valence-corrected chi connectivity index (χ3v) is 5.56. The van der Waals surface area contributed by atoms with E-state index in [4.69, 9.17) is 4.74 Å². The van der Waals surface area contributed by atoms with E-state index in [1.165, 1.54) is 42.8 Å². The molecule has 3 heteroatoms. The summed E-state index contributed by atoms with van der Waals surface area (Å²) in [6, 6.07) is 10.1. The van der Waals surface area contributed by atoms with E-state index in [9.17, 15) is 4.79 Å². The zero-order chi connectivity index (χ0) is 19.7. The van der Waals surface area contributed by atoms with Crippen LogP contribution in [0.1, 0.15) is 73.3 Å². The van der Waals surface area contributed by atoms with Crippen molar-refractivity contribution >= 4 is 18.1 Å². The van der Waals surface area contributed by atoms with Crippen molar-refractivity contribution < 1.29 is 9.53 Å². The second-order valence-corrected chi connectivity index (χ2v) is 8.46. The van der Waals surface area contributed by atoms with Crippen LogP contribution < -0.4 is 0 Å². The number of esters is 1. The molecule has 0 amide bonds. The van der Waals surface area contributed by atoms with Crippen molar-refractivity contribution in [2.45, 2.75) is 51.4 Å². The fourth-order valence-electron chi connectivity index (χ4n) is 3.84. The lowest BCUT2D eigenvalue weighted by Crippen LogP contribution is -2.34. The van der Waals surface area contributed by atoms with E-state index in [1.54, 1.807) is 12.1 Å². The predicted molar refractivity (Wildman–Crippen MR) is 110 cm³/mol. The van der Waals surface area contributed by atoms with E-state index >= 15 is 0 Å². The van der Waals surface area contributed by atoms with Gasteiger partial charge in [-0.1, -0.05) is 45.9 Å². The lowest BCUT2D eigenvalue weighted by atomic mass is 9.62. The number of carbonyl (C=O) groups excluding carboxylic acids is 1. The van der Waals surface area contributed by atoms with Gasteiger partial charge in [-0.3, -0.25) is 4.98 Å². The highest BCUT2D eigenvalue weighted by Crippen LogP contribution is 2.47. The Bertz CT molecular complexity index is 914. The van der Waals surface area contributed by atoms with Gasteiger partial charge >= 0.3 is 5.97 Å². The zero-order valence-electron chi connectivity index (χ0n) is 16.8. The Morgan fingerprint density at radius 3 is 2.48 bits per heavy atom. The molecule has 0 unspecified atom stereocenters. The Kier molecular flexibility index (Phi) is 5.08. The Labute approximate surface area is 161 Å². The summed E-state index contributed by atoms with van der Waals surface area (Å²) in [4.78, 5) is 15.8. The Hall–Kier alpha value is -2.64. The average Bonchev–Trinajstić information content (AvgIpc) is 2.65. The van der Waals surface area contributed by atoms with Gasteiger partial charge in [0, 0.05) is 12.3 Å². The number of aromatic nitrogens is 1. The minimum atomic E-state index is -0.380. The minimum Gasteiger partial charge on any atom is -0.465 e. The number of hydrogen-bond donors (Lipinski definition) is 0. The summed E-state index contributed by atoms with van der Waals surface area (Å²) < 4.78 is 4.69. The summed E-state index contributed by atoms with van der Waals surface area (Å²) in [6.07, 6.45) is 7.78. The van der Waals surface area contributed by atoms with Gasteiger partial charge in [0.25, 0.3) is 0 Å². The third kappa shape index (κ3) is 3.89. The highest BCUT2D eigenvalue weighted by atomic mass is 16.5. The molecule has 1 aliphatic carbocycles. The van der Waals surface area contributed by atoms with Crippen LogP contribution in [0.5, 0.6) is 0 Å². The van der Waals surface area contributed by atoms with Gasteiger partial charge in [0.05, 0.1) is 18.4 Å². The molecule has 1 aromatic carbocycles. The molecule has 3 nitrogen and oxygen atoms in total. The van der Waals surface area contributed by atoms with Crippen molar-refractivity contribution in [3.05, 3.63) is 70.2 Å². The van der Waals surface area contributed by atoms with Gasteiger partial charge in [-0.05, 0) is 58.6 Å². The molecule has 0 spiro atoms. The summed E-state index contributed by atoms with van der Waals surface area (Å²) in [5, 5.41) is 0. The zero-order valence-corrected chi connectivity index (χ0v) is 16.8. The Balaban J connectivity index is 1.94. The number of nitrogens with zero attached hydrogens (tertiary/aromatic N) is 1. The molecule has 27 heavy (non-hydrogen) atoms. The average molecular weight is 361 g/mol. The fraction of sp³-hybridized carbons (Fsp3) is 0.375. The molecule has 3 rings (SSSR count). The standard InChI is InChI=1S/C24H27NO2/c1-23(2)14-15-24(3,4)21-17(9-7-11-20(21)23)8-6-10-19-13-12-18(16-25-19)22(26)27-5/h7-13,16H,14-15H2,1-5H3. The van der Waals surface area contributed by atoms with Gasteiger partial charge in [-0.2, -0.15) is 0 Å². The van der Waals surface area contributed by atoms with Crippen LogP contribution in [0.4, 0.5) is 0 Å². The second kappa shape index (κ2) is 7.17. The number of pyridine rings is 1. The first-order valence-electron chi connectivity index (χ1n) is 9.35. The quantitative estimate of drug-likeness (QED) is 0.532. The number of ether oxygens (including phenoxy) is 1. The smallest absolute Gasteiger partial charge is 0.339 e. The van der Waals surface area contributed by atoms with Gasteiger partial charge in [0.1, 0.15) is 0 Å². The molecule has 140 valence electrons. The van der Waals surface area contributed by atoms with Crippen molar-refractivity contribution in [1.82, 2.24) is 4.98 Å². The van der Waals surface area contributed by atoms with E-state index < -0.39 is 0 Å². The highest BCUT2D eigenvalue weighted by molar-refractivity contribution is 5.89. The summed E-state index contributed by atoms with van der Waals surface area (Å²) in [5.41, 5.74) is 8.90. The number of carbonyl (C=O) groups is 1. The third-order valence-electron chi connectivity index (χ3n) is 5.56. The van der Waals surface area contributed by atoms with Crippen LogP contribution in [-0.2, 0) is 15.6 Å². The van der Waals surface area contributed by atoms with Crippen LogP contribution in [0, 0.1) is 0 Å². The monoisotopic (exact) mass is 361 g/mol. The molecule has 2 aromatic rings. The van der Waals surface area contributed by atoms with Gasteiger partial charge < -0.3 is 4.74 Å². The fourth-order valence-corrected chi connectivity index (χ4v) is 3.84. The predicted octanol–water partition coefficient (Wildman–Crippen LogP) is 5.54. The molecule has 0 bridgehead atoms. The molecule has 0 fully saturated rings. The molecule has 0 N–H and O–H groups in total. The Morgan fingerprint density at radius 1 is 1.07 bits per heavy atom. The van der Waals surface area contributed by atoms with Crippen molar-refractivity contribution in [2.24, 2.45) is 0 Å². The van der Waals surface area contributed by atoms with E-state index in [0.717, 1.165) is 5.69 Å². The SMILES string of the molecule is COC(=O)c1ccc(C=C=Cc2cccc3c2C(C)(C)CCC3(C)C)nc1. The molecule has 0 radical (unpaired) electrons. The normalized spacial score (nSPS) is 16.6. The topological polar surface area (TPSA) is 39.2 Å². The van der Waals surface area contributed by atoms with Crippen molar-refractivity contribution in [1.29, 1.82) is 0 Å². The van der Waals surface area contributed by atoms with Gasteiger partial charge in [0.15, 0.2) is 0 Å². The van der Waals surface area contributed by atoms with E-state index in [-0.39, 0.29) is 16.8 Å². The molecular weight excluding hydrogens is 334 g/mol. The number of rotatable bonds is 3. The summed E-state index contributed by atoms with van der Waals surface area (Å²) in [7, 11) is 1.36. The van der Waals surface area contributed by atoms with Crippen molar-refractivity contribution in [2.75, 3.05) is 7.11 Å². The lowest BCUT2D eigenvalue weighted by molar-refractivity contribution is 0.0600. The molecule has 0 saturated heterocycles. The van der Waals surface area contributed by atoms with E-state index in [1.807, 2.05) is 12.2 Å². The van der Waals surface area contributed by atoms with Crippen LogP contribution in [-0.4, -0.2) is 18.1 Å². The van der Waals surface area contributed by atoms with E-state index in [0.29, 0.717) is 5.56 Å².